The van der Waals surface area contributed by atoms with Crippen LogP contribution in [0.25, 0.3) is 11.3 Å². The minimum Gasteiger partial charge on any atom is -0.468 e. The predicted molar refractivity (Wildman–Crippen MR) is 86.4 cm³/mol. The average Bonchev–Trinajstić information content (AvgIpc) is 2.92. The van der Waals surface area contributed by atoms with Crippen LogP contribution in [0.4, 0.5) is 5.69 Å². The Hall–Kier alpha value is -2.74. The minimum atomic E-state index is -0.428. The van der Waals surface area contributed by atoms with Crippen molar-refractivity contribution in [2.75, 3.05) is 20.7 Å². The maximum Gasteiger partial charge on any atom is 0.327 e. The topological polar surface area (TPSA) is 90.5 Å². The molecule has 1 aromatic carbocycles. The number of non-ortho nitro benzene ring substituents is 1. The molecule has 8 nitrogen and oxygen atoms in total. The number of esters is 1. The first-order chi connectivity index (χ1) is 11.5. The summed E-state index contributed by atoms with van der Waals surface area (Å²) in [5.74, 6) is -0.352. The normalized spacial score (nSPS) is 14.2. The number of rotatable bonds is 4. The van der Waals surface area contributed by atoms with Gasteiger partial charge < -0.3 is 9.64 Å². The van der Waals surface area contributed by atoms with Gasteiger partial charge >= 0.3 is 5.97 Å². The number of likely N-dealkylation sites (N-methyl/N-ethyl adjacent to an activating group) is 1. The summed E-state index contributed by atoms with van der Waals surface area (Å²) in [6.07, 6.45) is 0.794. The molecule has 0 unspecified atom stereocenters. The highest BCUT2D eigenvalue weighted by atomic mass is 16.6. The summed E-state index contributed by atoms with van der Waals surface area (Å²) in [7, 11) is 3.38. The van der Waals surface area contributed by atoms with Gasteiger partial charge in [0.2, 0.25) is 0 Å². The van der Waals surface area contributed by atoms with Crippen LogP contribution >= 0.6 is 0 Å². The molecule has 126 valence electrons. The SMILES string of the molecule is COC(=O)Cn1nc(-c2ccc([N+](=O)[O-])cc2)c2c1CCN(C)C2. The van der Waals surface area contributed by atoms with E-state index < -0.39 is 4.92 Å². The molecule has 1 aliphatic rings. The Morgan fingerprint density at radius 3 is 2.71 bits per heavy atom. The van der Waals surface area contributed by atoms with Gasteiger partial charge in [0, 0.05) is 48.5 Å². The van der Waals surface area contributed by atoms with E-state index in [-0.39, 0.29) is 18.2 Å². The Bertz CT molecular complexity index is 782. The summed E-state index contributed by atoms with van der Waals surface area (Å²) in [5.41, 5.74) is 3.68. The van der Waals surface area contributed by atoms with Gasteiger partial charge in [-0.15, -0.1) is 0 Å². The fourth-order valence-electron chi connectivity index (χ4n) is 2.92. The Morgan fingerprint density at radius 2 is 2.08 bits per heavy atom. The molecule has 0 N–H and O–H groups in total. The molecule has 0 radical (unpaired) electrons. The number of carbonyl (C=O) groups is 1. The van der Waals surface area contributed by atoms with Crippen molar-refractivity contribution >= 4 is 11.7 Å². The minimum absolute atomic E-state index is 0.0405. The zero-order chi connectivity index (χ0) is 17.3. The van der Waals surface area contributed by atoms with Crippen molar-refractivity contribution < 1.29 is 14.5 Å². The third kappa shape index (κ3) is 3.00. The summed E-state index contributed by atoms with van der Waals surface area (Å²) in [6.45, 7) is 1.68. The van der Waals surface area contributed by atoms with Gasteiger partial charge in [-0.2, -0.15) is 5.10 Å². The van der Waals surface area contributed by atoms with Crippen LogP contribution in [-0.2, 0) is 29.0 Å². The van der Waals surface area contributed by atoms with Gasteiger partial charge in [-0.1, -0.05) is 0 Å². The number of carbonyl (C=O) groups excluding carboxylic acids is 1. The molecule has 0 fully saturated rings. The number of ether oxygens (including phenoxy) is 1. The van der Waals surface area contributed by atoms with Gasteiger partial charge in [0.05, 0.1) is 17.7 Å². The first-order valence-corrected chi connectivity index (χ1v) is 7.58. The maximum absolute atomic E-state index is 11.6. The predicted octanol–water partition coefficient (Wildman–Crippen LogP) is 1.62. The highest BCUT2D eigenvalue weighted by Gasteiger charge is 2.25. The second-order valence-electron chi connectivity index (χ2n) is 5.80. The van der Waals surface area contributed by atoms with E-state index >= 15 is 0 Å². The van der Waals surface area contributed by atoms with E-state index in [9.17, 15) is 14.9 Å². The fraction of sp³-hybridized carbons (Fsp3) is 0.375. The molecule has 1 aliphatic heterocycles. The first kappa shape index (κ1) is 16.1. The van der Waals surface area contributed by atoms with Crippen LogP contribution in [0, 0.1) is 10.1 Å². The quantitative estimate of drug-likeness (QED) is 0.481. The molecule has 24 heavy (non-hydrogen) atoms. The maximum atomic E-state index is 11.6. The van der Waals surface area contributed by atoms with Crippen LogP contribution in [0.5, 0.6) is 0 Å². The Balaban J connectivity index is 2.03. The van der Waals surface area contributed by atoms with Crippen molar-refractivity contribution in [1.29, 1.82) is 0 Å². The number of methoxy groups -OCH3 is 1. The van der Waals surface area contributed by atoms with E-state index in [1.807, 2.05) is 7.05 Å². The third-order valence-corrected chi connectivity index (χ3v) is 4.18. The van der Waals surface area contributed by atoms with E-state index in [1.165, 1.54) is 19.2 Å². The molecule has 0 aliphatic carbocycles. The Labute approximate surface area is 138 Å². The highest BCUT2D eigenvalue weighted by Crippen LogP contribution is 2.30. The molecule has 0 atom stereocenters. The lowest BCUT2D eigenvalue weighted by molar-refractivity contribution is -0.384. The molecule has 0 saturated carbocycles. The van der Waals surface area contributed by atoms with Crippen molar-refractivity contribution in [2.45, 2.75) is 19.5 Å². The molecule has 0 bridgehead atoms. The van der Waals surface area contributed by atoms with E-state index in [0.29, 0.717) is 0 Å². The molecule has 0 amide bonds. The lowest BCUT2D eigenvalue weighted by Crippen LogP contribution is -2.28. The van der Waals surface area contributed by atoms with Crippen molar-refractivity contribution in [3.63, 3.8) is 0 Å². The smallest absolute Gasteiger partial charge is 0.327 e. The van der Waals surface area contributed by atoms with Crippen LogP contribution in [0.3, 0.4) is 0 Å². The zero-order valence-corrected chi connectivity index (χ0v) is 13.6. The van der Waals surface area contributed by atoms with Crippen molar-refractivity contribution in [3.8, 4) is 11.3 Å². The Kier molecular flexibility index (Phi) is 4.30. The number of benzene rings is 1. The number of hydrogen-bond acceptors (Lipinski definition) is 6. The molecule has 0 spiro atoms. The number of aromatic nitrogens is 2. The van der Waals surface area contributed by atoms with Gasteiger partial charge in [-0.3, -0.25) is 19.6 Å². The largest absolute Gasteiger partial charge is 0.468 e. The van der Waals surface area contributed by atoms with Gasteiger partial charge in [0.1, 0.15) is 6.54 Å². The molecule has 0 saturated heterocycles. The summed E-state index contributed by atoms with van der Waals surface area (Å²) >= 11 is 0. The van der Waals surface area contributed by atoms with Crippen LogP contribution in [0.2, 0.25) is 0 Å². The second-order valence-corrected chi connectivity index (χ2v) is 5.80. The second kappa shape index (κ2) is 6.40. The highest BCUT2D eigenvalue weighted by molar-refractivity contribution is 5.70. The van der Waals surface area contributed by atoms with Crippen LogP contribution < -0.4 is 0 Å². The Morgan fingerprint density at radius 1 is 1.38 bits per heavy atom. The molecular formula is C16H18N4O4. The fourth-order valence-corrected chi connectivity index (χ4v) is 2.92. The summed E-state index contributed by atoms with van der Waals surface area (Å²) in [5, 5.41) is 15.4. The van der Waals surface area contributed by atoms with Gasteiger partial charge in [0.15, 0.2) is 0 Å². The summed E-state index contributed by atoms with van der Waals surface area (Å²) in [6, 6.07) is 6.32. The third-order valence-electron chi connectivity index (χ3n) is 4.18. The number of hydrogen-bond donors (Lipinski definition) is 0. The monoisotopic (exact) mass is 330 g/mol. The summed E-state index contributed by atoms with van der Waals surface area (Å²) in [4.78, 5) is 24.2. The van der Waals surface area contributed by atoms with Gasteiger partial charge in [0.25, 0.3) is 5.69 Å². The van der Waals surface area contributed by atoms with Crippen molar-refractivity contribution in [2.24, 2.45) is 0 Å². The van der Waals surface area contributed by atoms with E-state index in [1.54, 1.807) is 16.8 Å². The number of fused-ring (bicyclic) bond motifs is 1. The molecule has 1 aromatic heterocycles. The number of nitro groups is 1. The lowest BCUT2D eigenvalue weighted by Gasteiger charge is -2.23. The van der Waals surface area contributed by atoms with E-state index in [4.69, 9.17) is 4.74 Å². The van der Waals surface area contributed by atoms with E-state index in [0.717, 1.165) is 42.0 Å². The van der Waals surface area contributed by atoms with Crippen LogP contribution in [-0.4, -0.2) is 46.3 Å². The van der Waals surface area contributed by atoms with Crippen LogP contribution in [0.15, 0.2) is 24.3 Å². The molecule has 3 rings (SSSR count). The van der Waals surface area contributed by atoms with Crippen LogP contribution in [0.1, 0.15) is 11.3 Å². The first-order valence-electron chi connectivity index (χ1n) is 7.58. The summed E-state index contributed by atoms with van der Waals surface area (Å²) < 4.78 is 6.42. The van der Waals surface area contributed by atoms with Crippen molar-refractivity contribution in [3.05, 3.63) is 45.6 Å². The molecule has 2 heterocycles. The average molecular weight is 330 g/mol. The van der Waals surface area contributed by atoms with Gasteiger partial charge in [-0.05, 0) is 19.2 Å². The zero-order valence-electron chi connectivity index (χ0n) is 13.6. The van der Waals surface area contributed by atoms with E-state index in [2.05, 4.69) is 10.00 Å². The molecular weight excluding hydrogens is 312 g/mol. The number of nitrogens with zero attached hydrogens (tertiary/aromatic N) is 4. The van der Waals surface area contributed by atoms with Crippen molar-refractivity contribution in [1.82, 2.24) is 14.7 Å². The molecule has 2 aromatic rings. The molecule has 8 heteroatoms. The number of nitro benzene ring substituents is 1. The lowest BCUT2D eigenvalue weighted by atomic mass is 10.0. The van der Waals surface area contributed by atoms with Gasteiger partial charge in [-0.25, -0.2) is 0 Å². The standard InChI is InChI=1S/C16H18N4O4/c1-18-8-7-14-13(9-18)16(17-19(14)10-15(21)24-2)11-3-5-12(6-4-11)20(22)23/h3-6H,7-10H2,1-2H3.